The second-order valence-corrected chi connectivity index (χ2v) is 8.21. The summed E-state index contributed by atoms with van der Waals surface area (Å²) in [6, 6.07) is 10.9. The van der Waals surface area contributed by atoms with Crippen molar-refractivity contribution in [1.29, 1.82) is 0 Å². The molecule has 2 aromatic rings. The van der Waals surface area contributed by atoms with Gasteiger partial charge in [-0.05, 0) is 67.8 Å². The second kappa shape index (κ2) is 9.25. The first kappa shape index (κ1) is 22.8. The molecule has 0 aromatic heterocycles. The number of esters is 1. The molecule has 2 saturated heterocycles. The first-order valence-corrected chi connectivity index (χ1v) is 10.8. The van der Waals surface area contributed by atoms with Gasteiger partial charge in [0.15, 0.2) is 0 Å². The van der Waals surface area contributed by atoms with Crippen molar-refractivity contribution in [2.75, 3.05) is 24.5 Å². The number of amides is 2. The predicted octanol–water partition coefficient (Wildman–Crippen LogP) is 4.29. The molecule has 0 radical (unpaired) electrons. The summed E-state index contributed by atoms with van der Waals surface area (Å²) in [5, 5.41) is 0. The highest BCUT2D eigenvalue weighted by Gasteiger charge is 2.32. The Morgan fingerprint density at radius 2 is 1.55 bits per heavy atom. The van der Waals surface area contributed by atoms with Gasteiger partial charge in [0, 0.05) is 37.3 Å². The number of ether oxygens (including phenoxy) is 1. The fourth-order valence-electron chi connectivity index (χ4n) is 4.12. The zero-order valence-electron chi connectivity index (χ0n) is 17.8. The number of carbonyl (C=O) groups excluding carboxylic acids is 3. The lowest BCUT2D eigenvalue weighted by molar-refractivity contribution is -0.140. The van der Waals surface area contributed by atoms with E-state index >= 15 is 0 Å². The zero-order chi connectivity index (χ0) is 23.6. The summed E-state index contributed by atoms with van der Waals surface area (Å²) in [4.78, 5) is 40.2. The lowest BCUT2D eigenvalue weighted by atomic mass is 9.96. The number of hydrogen-bond donors (Lipinski definition) is 0. The average Bonchev–Trinajstić information content (AvgIpc) is 3.24. The van der Waals surface area contributed by atoms with Crippen molar-refractivity contribution in [3.05, 3.63) is 59.7 Å². The maximum Gasteiger partial charge on any atom is 0.416 e. The molecule has 6 nitrogen and oxygen atoms in total. The van der Waals surface area contributed by atoms with E-state index in [0.717, 1.165) is 24.2 Å². The number of anilines is 1. The molecule has 2 fully saturated rings. The van der Waals surface area contributed by atoms with Crippen LogP contribution in [0.5, 0.6) is 5.75 Å². The number of hydrogen-bond acceptors (Lipinski definition) is 4. The third-order valence-electron chi connectivity index (χ3n) is 6.01. The highest BCUT2D eigenvalue weighted by molar-refractivity contribution is 5.95. The molecule has 2 aromatic carbocycles. The minimum Gasteiger partial charge on any atom is -0.426 e. The van der Waals surface area contributed by atoms with Gasteiger partial charge in [-0.3, -0.25) is 14.4 Å². The third-order valence-corrected chi connectivity index (χ3v) is 6.01. The van der Waals surface area contributed by atoms with Crippen molar-refractivity contribution in [3.8, 4) is 5.75 Å². The topological polar surface area (TPSA) is 66.9 Å². The molecular weight excluding hydrogens is 437 g/mol. The number of benzene rings is 2. The highest BCUT2D eigenvalue weighted by Crippen LogP contribution is 2.30. The van der Waals surface area contributed by atoms with Gasteiger partial charge in [0.25, 0.3) is 5.91 Å². The minimum atomic E-state index is -4.45. The van der Waals surface area contributed by atoms with Crippen LogP contribution in [0, 0.1) is 5.92 Å². The smallest absolute Gasteiger partial charge is 0.416 e. The molecular formula is C24H23F3N2O4. The molecule has 0 aliphatic carbocycles. The van der Waals surface area contributed by atoms with Gasteiger partial charge >= 0.3 is 12.1 Å². The second-order valence-electron chi connectivity index (χ2n) is 8.21. The van der Waals surface area contributed by atoms with Gasteiger partial charge < -0.3 is 14.5 Å². The SMILES string of the molecule is O=C(Oc1ccc(N2CCCC2=O)cc1)C1CCN(C(=O)c2ccc(C(F)(F)F)cc2)CC1. The molecule has 2 amide bonds. The number of halogens is 3. The van der Waals surface area contributed by atoms with Crippen LogP contribution >= 0.6 is 0 Å². The van der Waals surface area contributed by atoms with E-state index in [1.54, 1.807) is 29.2 Å². The number of alkyl halides is 3. The molecule has 0 N–H and O–H groups in total. The molecule has 2 aliphatic heterocycles. The van der Waals surface area contributed by atoms with Crippen LogP contribution in [0.3, 0.4) is 0 Å². The number of likely N-dealkylation sites (tertiary alicyclic amines) is 1. The standard InChI is InChI=1S/C24H23F3N2O4/c25-24(26,27)18-5-3-16(4-6-18)22(31)28-14-11-17(12-15-28)23(32)33-20-9-7-19(8-10-20)29-13-1-2-21(29)30/h3-10,17H,1-2,11-15H2. The van der Waals surface area contributed by atoms with E-state index in [1.807, 2.05) is 0 Å². The monoisotopic (exact) mass is 460 g/mol. The van der Waals surface area contributed by atoms with Gasteiger partial charge in [-0.25, -0.2) is 0 Å². The molecule has 0 atom stereocenters. The molecule has 0 saturated carbocycles. The van der Waals surface area contributed by atoms with Crippen LogP contribution in [0.4, 0.5) is 18.9 Å². The van der Waals surface area contributed by atoms with E-state index in [-0.39, 0.29) is 29.3 Å². The van der Waals surface area contributed by atoms with Gasteiger partial charge in [0.05, 0.1) is 11.5 Å². The predicted molar refractivity (Wildman–Crippen MR) is 114 cm³/mol. The Bertz CT molecular complexity index is 1030. The van der Waals surface area contributed by atoms with Crippen molar-refractivity contribution < 1.29 is 32.3 Å². The van der Waals surface area contributed by atoms with Crippen LogP contribution in [-0.2, 0) is 15.8 Å². The van der Waals surface area contributed by atoms with Crippen molar-refractivity contribution in [1.82, 2.24) is 4.90 Å². The Hall–Kier alpha value is -3.36. The minimum absolute atomic E-state index is 0.0809. The van der Waals surface area contributed by atoms with Gasteiger partial charge in [-0.15, -0.1) is 0 Å². The van der Waals surface area contributed by atoms with E-state index in [4.69, 9.17) is 4.74 Å². The maximum atomic E-state index is 12.7. The van der Waals surface area contributed by atoms with Crippen molar-refractivity contribution >= 4 is 23.5 Å². The average molecular weight is 460 g/mol. The van der Waals surface area contributed by atoms with E-state index in [9.17, 15) is 27.6 Å². The number of piperidine rings is 1. The number of nitrogens with zero attached hydrogens (tertiary/aromatic N) is 2. The van der Waals surface area contributed by atoms with Crippen LogP contribution < -0.4 is 9.64 Å². The quantitative estimate of drug-likeness (QED) is 0.504. The summed E-state index contributed by atoms with van der Waals surface area (Å²) >= 11 is 0. The molecule has 174 valence electrons. The Morgan fingerprint density at radius 3 is 2.09 bits per heavy atom. The van der Waals surface area contributed by atoms with E-state index in [2.05, 4.69) is 0 Å². The summed E-state index contributed by atoms with van der Waals surface area (Å²) < 4.78 is 43.6. The lowest BCUT2D eigenvalue weighted by Gasteiger charge is -2.31. The summed E-state index contributed by atoms with van der Waals surface area (Å²) in [7, 11) is 0. The first-order valence-electron chi connectivity index (χ1n) is 10.8. The molecule has 2 heterocycles. The Balaban J connectivity index is 1.29. The van der Waals surface area contributed by atoms with Gasteiger partial charge in [0.1, 0.15) is 5.75 Å². The molecule has 0 unspecified atom stereocenters. The van der Waals surface area contributed by atoms with Crippen LogP contribution in [-0.4, -0.2) is 42.3 Å². The Labute approximate surface area is 188 Å². The normalized spacial score (nSPS) is 17.4. The van der Waals surface area contributed by atoms with Crippen LogP contribution in [0.25, 0.3) is 0 Å². The van der Waals surface area contributed by atoms with Crippen molar-refractivity contribution in [3.63, 3.8) is 0 Å². The summed E-state index contributed by atoms with van der Waals surface area (Å²) in [6.07, 6.45) is -2.27. The highest BCUT2D eigenvalue weighted by atomic mass is 19.4. The molecule has 9 heteroatoms. The third kappa shape index (κ3) is 5.18. The number of carbonyl (C=O) groups is 3. The van der Waals surface area contributed by atoms with Gasteiger partial charge in [-0.1, -0.05) is 0 Å². The fourth-order valence-corrected chi connectivity index (χ4v) is 4.12. The summed E-state index contributed by atoms with van der Waals surface area (Å²) in [5.41, 5.74) is 0.147. The number of rotatable bonds is 4. The van der Waals surface area contributed by atoms with E-state index in [1.165, 1.54) is 17.0 Å². The lowest BCUT2D eigenvalue weighted by Crippen LogP contribution is -2.41. The zero-order valence-corrected chi connectivity index (χ0v) is 17.8. The summed E-state index contributed by atoms with van der Waals surface area (Å²) in [6.45, 7) is 1.31. The van der Waals surface area contributed by atoms with E-state index < -0.39 is 11.7 Å². The first-order chi connectivity index (χ1) is 15.7. The van der Waals surface area contributed by atoms with Crippen molar-refractivity contribution in [2.45, 2.75) is 31.9 Å². The van der Waals surface area contributed by atoms with Crippen LogP contribution in [0.15, 0.2) is 48.5 Å². The van der Waals surface area contributed by atoms with Crippen LogP contribution in [0.1, 0.15) is 41.6 Å². The molecule has 4 rings (SSSR count). The molecule has 2 aliphatic rings. The fraction of sp³-hybridized carbons (Fsp3) is 0.375. The molecule has 0 spiro atoms. The largest absolute Gasteiger partial charge is 0.426 e. The Morgan fingerprint density at radius 1 is 0.909 bits per heavy atom. The van der Waals surface area contributed by atoms with E-state index in [0.29, 0.717) is 44.6 Å². The van der Waals surface area contributed by atoms with Crippen LogP contribution in [0.2, 0.25) is 0 Å². The van der Waals surface area contributed by atoms with Gasteiger partial charge in [0.2, 0.25) is 5.91 Å². The maximum absolute atomic E-state index is 12.7. The van der Waals surface area contributed by atoms with Gasteiger partial charge in [-0.2, -0.15) is 13.2 Å². The Kier molecular flexibility index (Phi) is 6.40. The molecule has 33 heavy (non-hydrogen) atoms. The van der Waals surface area contributed by atoms with Crippen molar-refractivity contribution in [2.24, 2.45) is 5.92 Å². The summed E-state index contributed by atoms with van der Waals surface area (Å²) in [5.74, 6) is -0.651. The molecule has 0 bridgehead atoms.